The first-order valence-electron chi connectivity index (χ1n) is 3.96. The molecule has 0 fully saturated rings. The lowest BCUT2D eigenvalue weighted by Gasteiger charge is -2.07. The Morgan fingerprint density at radius 2 is 1.85 bits per heavy atom. The molecule has 70 valence electrons. The maximum Gasteiger partial charge on any atom is 0.161 e. The molecule has 0 N–H and O–H groups in total. The zero-order chi connectivity index (χ0) is 9.68. The van der Waals surface area contributed by atoms with E-state index >= 15 is 0 Å². The molecular weight excluding hydrogens is 166 g/mol. The molecule has 13 heavy (non-hydrogen) atoms. The van der Waals surface area contributed by atoms with Gasteiger partial charge in [-0.3, -0.25) is 4.99 Å². The summed E-state index contributed by atoms with van der Waals surface area (Å²) in [4.78, 5) is 3.92. The zero-order valence-corrected chi connectivity index (χ0v) is 8.07. The normalized spacial score (nSPS) is 10.4. The van der Waals surface area contributed by atoms with Crippen molar-refractivity contribution < 1.29 is 9.47 Å². The van der Waals surface area contributed by atoms with Gasteiger partial charge in [0, 0.05) is 13.3 Å². The van der Waals surface area contributed by atoms with Crippen LogP contribution >= 0.6 is 0 Å². The van der Waals surface area contributed by atoms with Crippen molar-refractivity contribution in [3.8, 4) is 11.5 Å². The summed E-state index contributed by atoms with van der Waals surface area (Å²) in [7, 11) is 4.97. The third-order valence-corrected chi connectivity index (χ3v) is 1.69. The van der Waals surface area contributed by atoms with Crippen molar-refractivity contribution in [1.29, 1.82) is 0 Å². The lowest BCUT2D eigenvalue weighted by molar-refractivity contribution is 0.355. The topological polar surface area (TPSA) is 30.8 Å². The van der Waals surface area contributed by atoms with Crippen LogP contribution in [-0.2, 0) is 0 Å². The van der Waals surface area contributed by atoms with Gasteiger partial charge in [-0.15, -0.1) is 0 Å². The minimum Gasteiger partial charge on any atom is -0.493 e. The van der Waals surface area contributed by atoms with Gasteiger partial charge in [0.25, 0.3) is 0 Å². The average Bonchev–Trinajstić information content (AvgIpc) is 2.18. The number of methoxy groups -OCH3 is 2. The molecule has 0 radical (unpaired) electrons. The fraction of sp³-hybridized carbons (Fsp3) is 0.300. The van der Waals surface area contributed by atoms with E-state index in [0.717, 1.165) is 17.1 Å². The van der Waals surface area contributed by atoms with Gasteiger partial charge in [0.05, 0.1) is 14.2 Å². The molecule has 0 spiro atoms. The molecule has 1 aromatic carbocycles. The van der Waals surface area contributed by atoms with Crippen molar-refractivity contribution in [2.75, 3.05) is 21.3 Å². The molecule has 3 heteroatoms. The summed E-state index contributed by atoms with van der Waals surface area (Å²) in [6.45, 7) is 0. The molecule has 0 bridgehead atoms. The van der Waals surface area contributed by atoms with E-state index in [1.54, 1.807) is 27.5 Å². The summed E-state index contributed by atoms with van der Waals surface area (Å²) in [5.74, 6) is 1.45. The van der Waals surface area contributed by atoms with Crippen LogP contribution in [0.3, 0.4) is 0 Å². The maximum atomic E-state index is 5.14. The van der Waals surface area contributed by atoms with Crippen molar-refractivity contribution in [2.24, 2.45) is 4.99 Å². The van der Waals surface area contributed by atoms with Gasteiger partial charge in [-0.25, -0.2) is 0 Å². The number of nitrogens with zero attached hydrogens (tertiary/aromatic N) is 1. The maximum absolute atomic E-state index is 5.14. The molecule has 0 aromatic heterocycles. The van der Waals surface area contributed by atoms with Crippen molar-refractivity contribution in [3.05, 3.63) is 23.8 Å². The molecule has 0 aliphatic heterocycles. The standard InChI is InChI=1S/C10H13NO2/c1-11-7-8-4-5-9(12-2)10(6-8)13-3/h4-7H,1-3H3. The van der Waals surface area contributed by atoms with Crippen molar-refractivity contribution in [3.63, 3.8) is 0 Å². The first-order valence-corrected chi connectivity index (χ1v) is 3.96. The van der Waals surface area contributed by atoms with Gasteiger partial charge in [-0.05, 0) is 23.8 Å². The highest BCUT2D eigenvalue weighted by atomic mass is 16.5. The van der Waals surface area contributed by atoms with Crippen LogP contribution in [0.1, 0.15) is 5.56 Å². The molecule has 1 aromatic rings. The van der Waals surface area contributed by atoms with Crippen molar-refractivity contribution >= 4 is 6.21 Å². The van der Waals surface area contributed by atoms with Crippen molar-refractivity contribution in [1.82, 2.24) is 0 Å². The molecular formula is C10H13NO2. The molecule has 0 saturated carbocycles. The zero-order valence-electron chi connectivity index (χ0n) is 8.07. The van der Waals surface area contributed by atoms with E-state index in [9.17, 15) is 0 Å². The summed E-state index contributed by atoms with van der Waals surface area (Å²) in [6, 6.07) is 5.66. The Morgan fingerprint density at radius 1 is 1.15 bits per heavy atom. The fourth-order valence-electron chi connectivity index (χ4n) is 1.08. The molecule has 0 heterocycles. The quantitative estimate of drug-likeness (QED) is 0.662. The van der Waals surface area contributed by atoms with Gasteiger partial charge in [0.2, 0.25) is 0 Å². The van der Waals surface area contributed by atoms with E-state index in [-0.39, 0.29) is 0 Å². The van der Waals surface area contributed by atoms with E-state index in [1.165, 1.54) is 0 Å². The van der Waals surface area contributed by atoms with Crippen LogP contribution in [0.5, 0.6) is 11.5 Å². The first kappa shape index (κ1) is 9.58. The molecule has 0 unspecified atom stereocenters. The second-order valence-electron chi connectivity index (χ2n) is 2.50. The van der Waals surface area contributed by atoms with E-state index in [0.29, 0.717) is 0 Å². The Hall–Kier alpha value is -1.51. The lowest BCUT2D eigenvalue weighted by atomic mass is 10.2. The molecule has 1 rings (SSSR count). The molecule has 0 atom stereocenters. The van der Waals surface area contributed by atoms with Crippen LogP contribution in [0.4, 0.5) is 0 Å². The third-order valence-electron chi connectivity index (χ3n) is 1.69. The Morgan fingerprint density at radius 3 is 2.38 bits per heavy atom. The summed E-state index contributed by atoms with van der Waals surface area (Å²) in [6.07, 6.45) is 1.77. The van der Waals surface area contributed by atoms with Gasteiger partial charge in [-0.1, -0.05) is 0 Å². The van der Waals surface area contributed by atoms with E-state index < -0.39 is 0 Å². The molecule has 3 nitrogen and oxygen atoms in total. The number of ether oxygens (including phenoxy) is 2. The predicted molar refractivity (Wildman–Crippen MR) is 53.1 cm³/mol. The highest BCUT2D eigenvalue weighted by Crippen LogP contribution is 2.26. The summed E-state index contributed by atoms with van der Waals surface area (Å²) >= 11 is 0. The van der Waals surface area contributed by atoms with Crippen molar-refractivity contribution in [2.45, 2.75) is 0 Å². The number of hydrogen-bond donors (Lipinski definition) is 0. The van der Waals surface area contributed by atoms with E-state index in [4.69, 9.17) is 9.47 Å². The van der Waals surface area contributed by atoms with Gasteiger partial charge in [0.15, 0.2) is 11.5 Å². The second-order valence-corrected chi connectivity index (χ2v) is 2.50. The third kappa shape index (κ3) is 2.21. The van der Waals surface area contributed by atoms with Crippen LogP contribution in [0, 0.1) is 0 Å². The highest BCUT2D eigenvalue weighted by Gasteiger charge is 2.02. The van der Waals surface area contributed by atoms with Gasteiger partial charge < -0.3 is 9.47 Å². The van der Waals surface area contributed by atoms with Gasteiger partial charge in [-0.2, -0.15) is 0 Å². The Bertz CT molecular complexity index is 308. The number of rotatable bonds is 3. The Balaban J connectivity index is 3.05. The van der Waals surface area contributed by atoms with Gasteiger partial charge in [0.1, 0.15) is 0 Å². The monoisotopic (exact) mass is 179 g/mol. The lowest BCUT2D eigenvalue weighted by Crippen LogP contribution is -1.91. The second kappa shape index (κ2) is 4.50. The van der Waals surface area contributed by atoms with Gasteiger partial charge >= 0.3 is 0 Å². The summed E-state index contributed by atoms with van der Waals surface area (Å²) in [5.41, 5.74) is 1.00. The Labute approximate surface area is 78.0 Å². The van der Waals surface area contributed by atoms with Crippen LogP contribution in [0.2, 0.25) is 0 Å². The number of hydrogen-bond acceptors (Lipinski definition) is 3. The first-order chi connectivity index (χ1) is 6.31. The van der Waals surface area contributed by atoms with E-state index in [2.05, 4.69) is 4.99 Å². The molecule has 0 amide bonds. The number of benzene rings is 1. The van der Waals surface area contributed by atoms with Crippen LogP contribution in [0.15, 0.2) is 23.2 Å². The minimum atomic E-state index is 0.722. The number of aliphatic imine (C=N–C) groups is 1. The highest BCUT2D eigenvalue weighted by molar-refractivity contribution is 5.80. The Kier molecular flexibility index (Phi) is 3.31. The SMILES string of the molecule is CN=Cc1ccc(OC)c(OC)c1. The molecule has 0 aliphatic carbocycles. The predicted octanol–water partition coefficient (Wildman–Crippen LogP) is 1.75. The van der Waals surface area contributed by atoms with Crippen LogP contribution in [0.25, 0.3) is 0 Å². The van der Waals surface area contributed by atoms with E-state index in [1.807, 2.05) is 18.2 Å². The summed E-state index contributed by atoms with van der Waals surface area (Å²) < 4.78 is 10.2. The molecule has 0 aliphatic rings. The smallest absolute Gasteiger partial charge is 0.161 e. The molecule has 0 saturated heterocycles. The average molecular weight is 179 g/mol. The van der Waals surface area contributed by atoms with Crippen LogP contribution < -0.4 is 9.47 Å². The van der Waals surface area contributed by atoms with Crippen LogP contribution in [-0.4, -0.2) is 27.5 Å². The summed E-state index contributed by atoms with van der Waals surface area (Å²) in [5, 5.41) is 0. The largest absolute Gasteiger partial charge is 0.493 e. The fourth-order valence-corrected chi connectivity index (χ4v) is 1.08. The minimum absolute atomic E-state index is 0.722.